The number of ether oxygens (including phenoxy) is 1. The molecule has 0 bridgehead atoms. The highest BCUT2D eigenvalue weighted by Gasteiger charge is 2.06. The van der Waals surface area contributed by atoms with Crippen molar-refractivity contribution in [3.05, 3.63) is 62.4 Å². The van der Waals surface area contributed by atoms with Gasteiger partial charge in [-0.2, -0.15) is 0 Å². The van der Waals surface area contributed by atoms with Gasteiger partial charge in [-0.05, 0) is 25.1 Å². The first-order valence-corrected chi connectivity index (χ1v) is 6.02. The molecule has 5 heteroatoms. The van der Waals surface area contributed by atoms with Crippen molar-refractivity contribution in [1.29, 1.82) is 0 Å². The first kappa shape index (κ1) is 12.8. The Kier molecular flexibility index (Phi) is 3.81. The number of hydrogen-bond acceptors (Lipinski definition) is 3. The molecule has 18 heavy (non-hydrogen) atoms. The summed E-state index contributed by atoms with van der Waals surface area (Å²) in [4.78, 5) is 11.5. The summed E-state index contributed by atoms with van der Waals surface area (Å²) in [5.74, 6) is 0.267. The molecule has 2 aromatic rings. The van der Waals surface area contributed by atoms with Crippen molar-refractivity contribution in [1.82, 2.24) is 0 Å². The Labute approximate surface area is 111 Å². The van der Waals surface area contributed by atoms with Gasteiger partial charge < -0.3 is 9.15 Å². The van der Waals surface area contributed by atoms with E-state index >= 15 is 0 Å². The normalized spacial score (nSPS) is 10.4. The average molecular weight is 313 g/mol. The molecule has 0 spiro atoms. The van der Waals surface area contributed by atoms with Crippen LogP contribution in [0.5, 0.6) is 5.75 Å². The lowest BCUT2D eigenvalue weighted by Gasteiger charge is -2.07. The Morgan fingerprint density at radius 2 is 2.17 bits per heavy atom. The molecule has 0 atom stereocenters. The SMILES string of the molecule is Cc1cc(=O)c(OCc2cc(F)ccc2Br)co1. The van der Waals surface area contributed by atoms with Crippen LogP contribution in [0.15, 0.2) is 44.2 Å². The van der Waals surface area contributed by atoms with E-state index in [1.807, 2.05) is 0 Å². The van der Waals surface area contributed by atoms with E-state index < -0.39 is 0 Å². The van der Waals surface area contributed by atoms with E-state index in [0.29, 0.717) is 11.3 Å². The number of benzene rings is 1. The summed E-state index contributed by atoms with van der Waals surface area (Å²) >= 11 is 3.29. The zero-order chi connectivity index (χ0) is 13.1. The van der Waals surface area contributed by atoms with Crippen LogP contribution < -0.4 is 10.2 Å². The predicted molar refractivity (Wildman–Crippen MR) is 68.1 cm³/mol. The molecule has 0 N–H and O–H groups in total. The molecule has 0 aliphatic carbocycles. The second-order valence-electron chi connectivity index (χ2n) is 3.74. The third kappa shape index (κ3) is 2.98. The second kappa shape index (κ2) is 5.35. The minimum Gasteiger partial charge on any atom is -0.482 e. The van der Waals surface area contributed by atoms with Gasteiger partial charge in [0, 0.05) is 16.1 Å². The highest BCUT2D eigenvalue weighted by molar-refractivity contribution is 9.10. The third-order valence-corrected chi connectivity index (χ3v) is 3.09. The minimum absolute atomic E-state index is 0.0894. The Balaban J connectivity index is 2.16. The van der Waals surface area contributed by atoms with Gasteiger partial charge in [0.1, 0.15) is 24.4 Å². The molecule has 1 aromatic heterocycles. The first-order valence-electron chi connectivity index (χ1n) is 5.22. The molecule has 0 saturated carbocycles. The van der Waals surface area contributed by atoms with Crippen molar-refractivity contribution in [3.63, 3.8) is 0 Å². The molecule has 1 heterocycles. The summed E-state index contributed by atoms with van der Waals surface area (Å²) in [7, 11) is 0. The summed E-state index contributed by atoms with van der Waals surface area (Å²) in [6.07, 6.45) is 1.25. The predicted octanol–water partition coefficient (Wildman–Crippen LogP) is 3.43. The van der Waals surface area contributed by atoms with Crippen molar-refractivity contribution in [2.75, 3.05) is 0 Å². The van der Waals surface area contributed by atoms with Gasteiger partial charge in [0.25, 0.3) is 0 Å². The van der Waals surface area contributed by atoms with Gasteiger partial charge in [-0.3, -0.25) is 4.79 Å². The van der Waals surface area contributed by atoms with E-state index in [1.54, 1.807) is 13.0 Å². The quantitative estimate of drug-likeness (QED) is 0.871. The molecule has 94 valence electrons. The number of hydrogen-bond donors (Lipinski definition) is 0. The van der Waals surface area contributed by atoms with Crippen molar-refractivity contribution in [2.45, 2.75) is 13.5 Å². The second-order valence-corrected chi connectivity index (χ2v) is 4.60. The lowest BCUT2D eigenvalue weighted by Crippen LogP contribution is -2.07. The van der Waals surface area contributed by atoms with Gasteiger partial charge in [-0.1, -0.05) is 15.9 Å². The van der Waals surface area contributed by atoms with Gasteiger partial charge >= 0.3 is 0 Å². The fourth-order valence-corrected chi connectivity index (χ4v) is 1.77. The van der Waals surface area contributed by atoms with Crippen LogP contribution in [-0.2, 0) is 6.61 Å². The van der Waals surface area contributed by atoms with Crippen LogP contribution >= 0.6 is 15.9 Å². The molecule has 2 rings (SSSR count). The Morgan fingerprint density at radius 3 is 2.89 bits per heavy atom. The fraction of sp³-hybridized carbons (Fsp3) is 0.154. The number of halogens is 2. The van der Waals surface area contributed by atoms with Gasteiger partial charge in [-0.25, -0.2) is 4.39 Å². The van der Waals surface area contributed by atoms with E-state index in [1.165, 1.54) is 24.5 Å². The van der Waals surface area contributed by atoms with Crippen LogP contribution in [-0.4, -0.2) is 0 Å². The van der Waals surface area contributed by atoms with E-state index in [2.05, 4.69) is 15.9 Å². The van der Waals surface area contributed by atoms with Gasteiger partial charge in [0.2, 0.25) is 11.2 Å². The van der Waals surface area contributed by atoms with E-state index in [-0.39, 0.29) is 23.6 Å². The summed E-state index contributed by atoms with van der Waals surface area (Å²) in [6.45, 7) is 1.76. The van der Waals surface area contributed by atoms with Crippen LogP contribution in [0.2, 0.25) is 0 Å². The lowest BCUT2D eigenvalue weighted by molar-refractivity contribution is 0.289. The fourth-order valence-electron chi connectivity index (χ4n) is 1.41. The molecule has 0 aliphatic rings. The highest BCUT2D eigenvalue weighted by Crippen LogP contribution is 2.19. The van der Waals surface area contributed by atoms with Crippen molar-refractivity contribution < 1.29 is 13.5 Å². The molecule has 0 fully saturated rings. The summed E-state index contributed by atoms with van der Waals surface area (Å²) in [5.41, 5.74) is 0.362. The molecule has 0 saturated heterocycles. The average Bonchev–Trinajstić information content (AvgIpc) is 2.32. The number of aryl methyl sites for hydroxylation is 1. The Morgan fingerprint density at radius 1 is 1.39 bits per heavy atom. The third-order valence-electron chi connectivity index (χ3n) is 2.32. The molecule has 0 aliphatic heterocycles. The molecule has 3 nitrogen and oxygen atoms in total. The zero-order valence-corrected chi connectivity index (χ0v) is 11.2. The Bertz CT molecular complexity index is 622. The maximum atomic E-state index is 13.0. The van der Waals surface area contributed by atoms with Crippen molar-refractivity contribution >= 4 is 15.9 Å². The van der Waals surface area contributed by atoms with Crippen molar-refractivity contribution in [3.8, 4) is 5.75 Å². The van der Waals surface area contributed by atoms with E-state index in [4.69, 9.17) is 9.15 Å². The maximum absolute atomic E-state index is 13.0. The molecule has 0 amide bonds. The number of rotatable bonds is 3. The topological polar surface area (TPSA) is 39.4 Å². The van der Waals surface area contributed by atoms with Crippen molar-refractivity contribution in [2.24, 2.45) is 0 Å². The zero-order valence-electron chi connectivity index (χ0n) is 9.57. The molecular weight excluding hydrogens is 303 g/mol. The van der Waals surface area contributed by atoms with E-state index in [0.717, 1.165) is 4.47 Å². The maximum Gasteiger partial charge on any atom is 0.226 e. The Hall–Kier alpha value is -1.62. The smallest absolute Gasteiger partial charge is 0.226 e. The minimum atomic E-state index is -0.354. The summed E-state index contributed by atoms with van der Waals surface area (Å²) in [6, 6.07) is 5.62. The summed E-state index contributed by atoms with van der Waals surface area (Å²) < 4.78 is 24.2. The first-order chi connectivity index (χ1) is 8.56. The van der Waals surface area contributed by atoms with Crippen LogP contribution in [0, 0.1) is 12.7 Å². The van der Waals surface area contributed by atoms with Crippen LogP contribution in [0.3, 0.4) is 0 Å². The molecule has 0 radical (unpaired) electrons. The molecule has 1 aromatic carbocycles. The monoisotopic (exact) mass is 312 g/mol. The largest absolute Gasteiger partial charge is 0.482 e. The lowest BCUT2D eigenvalue weighted by atomic mass is 10.2. The van der Waals surface area contributed by atoms with Crippen LogP contribution in [0.4, 0.5) is 4.39 Å². The van der Waals surface area contributed by atoms with Gasteiger partial charge in [-0.15, -0.1) is 0 Å². The van der Waals surface area contributed by atoms with E-state index in [9.17, 15) is 9.18 Å². The van der Waals surface area contributed by atoms with Crippen LogP contribution in [0.25, 0.3) is 0 Å². The van der Waals surface area contributed by atoms with Gasteiger partial charge in [0.05, 0.1) is 0 Å². The van der Waals surface area contributed by atoms with Crippen LogP contribution in [0.1, 0.15) is 11.3 Å². The summed E-state index contributed by atoms with van der Waals surface area (Å²) in [5, 5.41) is 0. The van der Waals surface area contributed by atoms with Gasteiger partial charge in [0.15, 0.2) is 0 Å². The standard InChI is InChI=1S/C13H10BrFO3/c1-8-4-12(16)13(7-17-8)18-6-9-5-10(15)2-3-11(9)14/h2-5,7H,6H2,1H3. The molecule has 0 unspecified atom stereocenters. The molecular formula is C13H10BrFO3. The highest BCUT2D eigenvalue weighted by atomic mass is 79.9.